The van der Waals surface area contributed by atoms with Gasteiger partial charge in [-0.05, 0) is 50.1 Å². The minimum atomic E-state index is -0.194. The Kier molecular flexibility index (Phi) is 3.31. The summed E-state index contributed by atoms with van der Waals surface area (Å²) in [7, 11) is 0. The van der Waals surface area contributed by atoms with Gasteiger partial charge >= 0.3 is 0 Å². The zero-order chi connectivity index (χ0) is 13.3. The number of hydrogen-bond donors (Lipinski definition) is 0. The van der Waals surface area contributed by atoms with E-state index in [0.29, 0.717) is 13.2 Å². The molecule has 0 N–H and O–H groups in total. The van der Waals surface area contributed by atoms with E-state index in [1.807, 2.05) is 26.0 Å². The van der Waals surface area contributed by atoms with E-state index in [-0.39, 0.29) is 5.60 Å². The predicted molar refractivity (Wildman–Crippen MR) is 75.7 cm³/mol. The molecule has 0 aliphatic carbocycles. The maximum atomic E-state index is 6.01. The molecule has 1 aromatic carbocycles. The van der Waals surface area contributed by atoms with Gasteiger partial charge in [0.2, 0.25) is 0 Å². The number of ether oxygens (including phenoxy) is 2. The van der Waals surface area contributed by atoms with Crippen LogP contribution in [-0.2, 0) is 4.74 Å². The Balaban J connectivity index is 2.33. The van der Waals surface area contributed by atoms with E-state index in [1.165, 1.54) is 0 Å². The van der Waals surface area contributed by atoms with Crippen LogP contribution < -0.4 is 4.74 Å². The van der Waals surface area contributed by atoms with Gasteiger partial charge in [-0.25, -0.2) is 0 Å². The van der Waals surface area contributed by atoms with Crippen molar-refractivity contribution in [2.24, 2.45) is 0 Å². The van der Waals surface area contributed by atoms with Crippen molar-refractivity contribution in [3.8, 4) is 5.75 Å². The summed E-state index contributed by atoms with van der Waals surface area (Å²) < 4.78 is 11.2. The maximum Gasteiger partial charge on any atom is 0.152 e. The Labute approximate surface area is 109 Å². The molecule has 1 aliphatic heterocycles. The molecular formula is C16H20O2. The van der Waals surface area contributed by atoms with Gasteiger partial charge in [0.15, 0.2) is 5.60 Å². The van der Waals surface area contributed by atoms with Crippen LogP contribution in [0.15, 0.2) is 31.4 Å². The van der Waals surface area contributed by atoms with Crippen LogP contribution in [0.2, 0.25) is 0 Å². The van der Waals surface area contributed by atoms with E-state index in [0.717, 1.165) is 28.0 Å². The van der Waals surface area contributed by atoms with Crippen molar-refractivity contribution in [2.75, 3.05) is 13.2 Å². The fraction of sp³-hybridized carbons (Fsp3) is 0.375. The van der Waals surface area contributed by atoms with Gasteiger partial charge in [-0.15, -0.1) is 0 Å². The summed E-state index contributed by atoms with van der Waals surface area (Å²) in [5, 5.41) is 0. The summed E-state index contributed by atoms with van der Waals surface area (Å²) in [5.74, 6) is 0.860. The second-order valence-electron chi connectivity index (χ2n) is 5.35. The van der Waals surface area contributed by atoms with Crippen molar-refractivity contribution < 1.29 is 9.47 Å². The van der Waals surface area contributed by atoms with E-state index in [1.54, 1.807) is 0 Å². The minimum absolute atomic E-state index is 0.194. The fourth-order valence-corrected chi connectivity index (χ4v) is 1.88. The quantitative estimate of drug-likeness (QED) is 0.799. The molecule has 0 bridgehead atoms. The average Bonchev–Trinajstić information content (AvgIpc) is 2.26. The summed E-state index contributed by atoms with van der Waals surface area (Å²) in [6.07, 6.45) is 0. The summed E-state index contributed by atoms with van der Waals surface area (Å²) in [4.78, 5) is 0. The van der Waals surface area contributed by atoms with Crippen LogP contribution in [-0.4, -0.2) is 18.8 Å². The summed E-state index contributed by atoms with van der Waals surface area (Å²) in [6.45, 7) is 15.3. The highest BCUT2D eigenvalue weighted by atomic mass is 16.6. The van der Waals surface area contributed by atoms with Gasteiger partial charge in [-0.2, -0.15) is 0 Å². The molecule has 0 amide bonds. The van der Waals surface area contributed by atoms with Crippen LogP contribution >= 0.6 is 0 Å². The topological polar surface area (TPSA) is 18.5 Å². The van der Waals surface area contributed by atoms with E-state index >= 15 is 0 Å². The lowest BCUT2D eigenvalue weighted by Crippen LogP contribution is -2.51. The van der Waals surface area contributed by atoms with Crippen LogP contribution in [0.1, 0.15) is 31.9 Å². The Morgan fingerprint density at radius 3 is 1.94 bits per heavy atom. The molecule has 0 aromatic heterocycles. The summed E-state index contributed by atoms with van der Waals surface area (Å²) in [5.41, 5.74) is 4.04. The normalized spacial score (nSPS) is 16.8. The largest absolute Gasteiger partial charge is 0.483 e. The van der Waals surface area contributed by atoms with Gasteiger partial charge in [0.25, 0.3) is 0 Å². The van der Waals surface area contributed by atoms with E-state index in [2.05, 4.69) is 26.1 Å². The molecule has 1 saturated heterocycles. The highest BCUT2D eigenvalue weighted by molar-refractivity contribution is 5.70. The van der Waals surface area contributed by atoms with Gasteiger partial charge in [0.1, 0.15) is 5.75 Å². The molecule has 96 valence electrons. The molecule has 1 aliphatic rings. The third-order valence-corrected chi connectivity index (χ3v) is 3.07. The standard InChI is InChI=1S/C16H20O2/c1-11(2)13-6-14(12(3)4)8-15(7-13)18-16(5)9-17-10-16/h6-8H,1,3,9-10H2,2,4-5H3. The maximum absolute atomic E-state index is 6.01. The van der Waals surface area contributed by atoms with Crippen LogP contribution in [0, 0.1) is 0 Å². The second kappa shape index (κ2) is 4.62. The Morgan fingerprint density at radius 2 is 1.61 bits per heavy atom. The molecule has 0 unspecified atom stereocenters. The summed E-state index contributed by atoms with van der Waals surface area (Å²) >= 11 is 0. The van der Waals surface area contributed by atoms with Crippen molar-refractivity contribution in [1.82, 2.24) is 0 Å². The molecule has 1 heterocycles. The van der Waals surface area contributed by atoms with Crippen molar-refractivity contribution in [1.29, 1.82) is 0 Å². The lowest BCUT2D eigenvalue weighted by atomic mass is 10.0. The minimum Gasteiger partial charge on any atom is -0.483 e. The number of benzene rings is 1. The monoisotopic (exact) mass is 244 g/mol. The first kappa shape index (κ1) is 12.9. The molecule has 0 radical (unpaired) electrons. The van der Waals surface area contributed by atoms with Gasteiger partial charge in [-0.3, -0.25) is 0 Å². The van der Waals surface area contributed by atoms with Crippen LogP contribution in [0.25, 0.3) is 11.1 Å². The average molecular weight is 244 g/mol. The van der Waals surface area contributed by atoms with E-state index in [9.17, 15) is 0 Å². The summed E-state index contributed by atoms with van der Waals surface area (Å²) in [6, 6.07) is 6.15. The Hall–Kier alpha value is -1.54. The SMILES string of the molecule is C=C(C)c1cc(OC2(C)COC2)cc(C(=C)C)c1. The number of rotatable bonds is 4. The second-order valence-corrected chi connectivity index (χ2v) is 5.35. The van der Waals surface area contributed by atoms with Crippen molar-refractivity contribution in [3.63, 3.8) is 0 Å². The highest BCUT2D eigenvalue weighted by Crippen LogP contribution is 2.30. The lowest BCUT2D eigenvalue weighted by molar-refractivity contribution is -0.149. The molecule has 2 heteroatoms. The zero-order valence-corrected chi connectivity index (χ0v) is 11.4. The number of hydrogen-bond acceptors (Lipinski definition) is 2. The molecule has 2 rings (SSSR count). The molecule has 0 atom stereocenters. The zero-order valence-electron chi connectivity index (χ0n) is 11.4. The van der Waals surface area contributed by atoms with Gasteiger partial charge in [0, 0.05) is 0 Å². The van der Waals surface area contributed by atoms with E-state index in [4.69, 9.17) is 9.47 Å². The molecule has 1 fully saturated rings. The molecule has 18 heavy (non-hydrogen) atoms. The van der Waals surface area contributed by atoms with Crippen molar-refractivity contribution in [2.45, 2.75) is 26.4 Å². The Bertz CT molecular complexity index is 464. The fourth-order valence-electron chi connectivity index (χ4n) is 1.88. The third-order valence-electron chi connectivity index (χ3n) is 3.07. The number of allylic oxidation sites excluding steroid dienone is 2. The van der Waals surface area contributed by atoms with E-state index < -0.39 is 0 Å². The van der Waals surface area contributed by atoms with Gasteiger partial charge < -0.3 is 9.47 Å². The van der Waals surface area contributed by atoms with Crippen LogP contribution in [0.3, 0.4) is 0 Å². The molecule has 0 saturated carbocycles. The molecule has 1 aromatic rings. The highest BCUT2D eigenvalue weighted by Gasteiger charge is 2.35. The first-order valence-corrected chi connectivity index (χ1v) is 6.13. The van der Waals surface area contributed by atoms with Crippen LogP contribution in [0.5, 0.6) is 5.75 Å². The molecule has 0 spiro atoms. The predicted octanol–water partition coefficient (Wildman–Crippen LogP) is 3.92. The van der Waals surface area contributed by atoms with Gasteiger partial charge in [-0.1, -0.05) is 24.3 Å². The Morgan fingerprint density at radius 1 is 1.11 bits per heavy atom. The third kappa shape index (κ3) is 2.65. The molecule has 2 nitrogen and oxygen atoms in total. The van der Waals surface area contributed by atoms with Crippen molar-refractivity contribution in [3.05, 3.63) is 42.5 Å². The smallest absolute Gasteiger partial charge is 0.152 e. The molecular weight excluding hydrogens is 224 g/mol. The van der Waals surface area contributed by atoms with Crippen LogP contribution in [0.4, 0.5) is 0 Å². The first-order valence-electron chi connectivity index (χ1n) is 6.13. The first-order chi connectivity index (χ1) is 8.39. The lowest BCUT2D eigenvalue weighted by Gasteiger charge is -2.38. The van der Waals surface area contributed by atoms with Crippen molar-refractivity contribution >= 4 is 11.1 Å². The van der Waals surface area contributed by atoms with Gasteiger partial charge in [0.05, 0.1) is 13.2 Å².